The Morgan fingerprint density at radius 2 is 1.79 bits per heavy atom. The summed E-state index contributed by atoms with van der Waals surface area (Å²) in [5.74, 6) is -1.34. The Bertz CT molecular complexity index is 2420. The van der Waals surface area contributed by atoms with E-state index in [1.54, 1.807) is 38.3 Å². The first-order valence-electron chi connectivity index (χ1n) is 23.9. The average Bonchev–Trinajstić information content (AvgIpc) is 3.92. The van der Waals surface area contributed by atoms with Gasteiger partial charge in [0.2, 0.25) is 11.8 Å². The van der Waals surface area contributed by atoms with Crippen molar-refractivity contribution in [2.24, 2.45) is 5.41 Å². The zero-order valence-corrected chi connectivity index (χ0v) is 42.6. The highest BCUT2D eigenvalue weighted by Gasteiger charge is 2.47. The highest BCUT2D eigenvalue weighted by atomic mass is 32.2. The van der Waals surface area contributed by atoms with E-state index in [9.17, 15) is 27.9 Å². The first-order chi connectivity index (χ1) is 32.1. The number of rotatable bonds is 13. The Morgan fingerprint density at radius 3 is 2.47 bits per heavy atom. The average molecular weight is 982 g/mol. The SMILES string of the molecule is CC[C@]1(C(=O)O)C/C=C\CCCCC[C@H](NC(=O)NC(CN2CCCN(C(C)C)S2(=O)=O)C(C)(C)C)C(=O)N2C[C@H](Oc3cc(-c4csc(NC(C)C)n4)nc4cc(OC)ccc34)C[C@H]2C(=O)N1. The van der Waals surface area contributed by atoms with Crippen LogP contribution in [0.25, 0.3) is 22.3 Å². The molecule has 5 N–H and O–H groups in total. The maximum Gasteiger partial charge on any atom is 0.329 e. The van der Waals surface area contributed by atoms with Crippen molar-refractivity contribution in [2.45, 2.75) is 155 Å². The number of carbonyl (C=O) groups excluding carboxylic acids is 3. The number of amides is 4. The largest absolute Gasteiger partial charge is 0.497 e. The van der Waals surface area contributed by atoms with Crippen LogP contribution in [-0.4, -0.2) is 136 Å². The number of ether oxygens (including phenoxy) is 2. The number of nitrogens with one attached hydrogen (secondary N) is 4. The topological polar surface area (TPSA) is 225 Å². The van der Waals surface area contributed by atoms with E-state index in [4.69, 9.17) is 19.4 Å². The number of aliphatic carboxylic acids is 1. The molecule has 3 aliphatic rings. The number of hydrogen-bond acceptors (Lipinski definition) is 12. The van der Waals surface area contributed by atoms with Gasteiger partial charge in [-0.25, -0.2) is 19.6 Å². The van der Waals surface area contributed by atoms with Gasteiger partial charge in [0, 0.05) is 67.1 Å². The summed E-state index contributed by atoms with van der Waals surface area (Å²) in [6.07, 6.45) is 6.76. The molecule has 5 atom stereocenters. The van der Waals surface area contributed by atoms with Crippen molar-refractivity contribution in [2.75, 3.05) is 38.6 Å². The molecule has 18 nitrogen and oxygen atoms in total. The summed E-state index contributed by atoms with van der Waals surface area (Å²) < 4.78 is 42.6. The number of carboxylic acid groups (broad SMARTS) is 1. The fourth-order valence-electron chi connectivity index (χ4n) is 8.92. The molecule has 2 aromatic heterocycles. The molecular weight excluding hydrogens is 911 g/mol. The van der Waals surface area contributed by atoms with Crippen LogP contribution < -0.4 is 30.7 Å². The minimum atomic E-state index is -3.79. The molecule has 0 aliphatic carbocycles. The van der Waals surface area contributed by atoms with Gasteiger partial charge in [-0.05, 0) is 83.8 Å². The number of pyridine rings is 1. The highest BCUT2D eigenvalue weighted by Crippen LogP contribution is 2.36. The molecule has 0 bridgehead atoms. The number of nitrogens with zero attached hydrogens (tertiary/aromatic N) is 5. The molecule has 1 aromatic carbocycles. The molecule has 2 saturated heterocycles. The minimum absolute atomic E-state index is 0.0179. The van der Waals surface area contributed by atoms with E-state index in [0.29, 0.717) is 66.1 Å². The fourth-order valence-corrected chi connectivity index (χ4v) is 11.7. The summed E-state index contributed by atoms with van der Waals surface area (Å²) >= 11 is 1.45. The molecule has 6 rings (SSSR count). The second-order valence-electron chi connectivity index (χ2n) is 19.8. The van der Waals surface area contributed by atoms with Gasteiger partial charge in [-0.3, -0.25) is 9.59 Å². The van der Waals surface area contributed by atoms with Crippen molar-refractivity contribution in [1.82, 2.24) is 39.4 Å². The normalized spacial score (nSPS) is 24.4. The van der Waals surface area contributed by atoms with Gasteiger partial charge in [0.25, 0.3) is 10.2 Å². The van der Waals surface area contributed by atoms with E-state index >= 15 is 4.79 Å². The van der Waals surface area contributed by atoms with Gasteiger partial charge in [0.05, 0.1) is 24.9 Å². The molecule has 68 heavy (non-hydrogen) atoms. The zero-order chi connectivity index (χ0) is 49.6. The monoisotopic (exact) mass is 981 g/mol. The third-order valence-corrected chi connectivity index (χ3v) is 16.0. The molecule has 3 aliphatic heterocycles. The zero-order valence-electron chi connectivity index (χ0n) is 41.0. The molecular formula is C48H71N9O9S2. The van der Waals surface area contributed by atoms with Crippen molar-refractivity contribution in [3.8, 4) is 22.9 Å². The number of fused-ring (bicyclic) bond motifs is 2. The molecule has 374 valence electrons. The standard InChI is InChI=1S/C48H71N9O9S2/c1-10-48(44(60)61)21-16-14-12-11-13-15-18-35(51-45(62)53-41(47(6,7)8)28-55-22-17-23-57(31(4)5)68(55,63)64)43(59)56-27-33(25-39(56)42(58)54-48)66-40-26-37(38-29-67-46(52-38)49-30(2)3)50-36-24-32(65-9)19-20-34(36)40/h14,16,19-20,24,26,29-31,33,35,39,41H,10-13,15,17-18,21-23,25,27-28H2,1-9H3,(H,49,52)(H,54,58)(H,60,61)(H2,51,53,62)/b16-14-/t33-,35+,39+,41?,48-/m1/s1. The Kier molecular flexibility index (Phi) is 17.0. The van der Waals surface area contributed by atoms with E-state index in [2.05, 4.69) is 21.3 Å². The van der Waals surface area contributed by atoms with Gasteiger partial charge in [-0.1, -0.05) is 52.7 Å². The summed E-state index contributed by atoms with van der Waals surface area (Å²) in [6, 6.07) is 3.60. The molecule has 2 fully saturated rings. The van der Waals surface area contributed by atoms with Crippen LogP contribution >= 0.6 is 11.3 Å². The molecule has 4 amide bonds. The number of allylic oxidation sites excluding steroid dienone is 1. The van der Waals surface area contributed by atoms with Crippen molar-refractivity contribution in [3.05, 3.63) is 41.8 Å². The predicted molar refractivity (Wildman–Crippen MR) is 264 cm³/mol. The summed E-state index contributed by atoms with van der Waals surface area (Å²) in [5, 5.41) is 26.0. The van der Waals surface area contributed by atoms with Crippen LogP contribution in [0.1, 0.15) is 113 Å². The Morgan fingerprint density at radius 1 is 1.03 bits per heavy atom. The summed E-state index contributed by atoms with van der Waals surface area (Å²) in [4.78, 5) is 67.9. The second kappa shape index (κ2) is 22.1. The van der Waals surface area contributed by atoms with Gasteiger partial charge < -0.3 is 40.7 Å². The molecule has 0 spiro atoms. The van der Waals surface area contributed by atoms with Crippen LogP contribution in [0, 0.1) is 5.41 Å². The van der Waals surface area contributed by atoms with E-state index in [1.807, 2.05) is 66.0 Å². The molecule has 0 radical (unpaired) electrons. The Labute approximate surface area is 405 Å². The molecule has 1 unspecified atom stereocenters. The first kappa shape index (κ1) is 52.3. The number of urea groups is 1. The quantitative estimate of drug-likeness (QED) is 0.115. The van der Waals surface area contributed by atoms with Crippen molar-refractivity contribution < 1.29 is 42.2 Å². The van der Waals surface area contributed by atoms with Crippen LogP contribution in [0.5, 0.6) is 11.5 Å². The highest BCUT2D eigenvalue weighted by molar-refractivity contribution is 7.86. The van der Waals surface area contributed by atoms with Crippen LogP contribution in [0.15, 0.2) is 41.8 Å². The van der Waals surface area contributed by atoms with Gasteiger partial charge in [0.1, 0.15) is 40.9 Å². The molecule has 20 heteroatoms. The lowest BCUT2D eigenvalue weighted by Crippen LogP contribution is -2.61. The Balaban J connectivity index is 1.33. The van der Waals surface area contributed by atoms with Crippen molar-refractivity contribution in [3.63, 3.8) is 0 Å². The number of aromatic nitrogens is 2. The summed E-state index contributed by atoms with van der Waals surface area (Å²) in [5.41, 5.74) is -0.486. The number of methoxy groups -OCH3 is 1. The number of anilines is 1. The number of hydrogen-bond donors (Lipinski definition) is 5. The first-order valence-corrected chi connectivity index (χ1v) is 26.2. The summed E-state index contributed by atoms with van der Waals surface area (Å²) in [7, 11) is -2.22. The summed E-state index contributed by atoms with van der Waals surface area (Å²) in [6.45, 7) is 15.9. The van der Waals surface area contributed by atoms with E-state index in [0.717, 1.165) is 18.0 Å². The maximum absolute atomic E-state index is 15.1. The fraction of sp³-hybridized carbons (Fsp3) is 0.625. The van der Waals surface area contributed by atoms with Gasteiger partial charge in [-0.2, -0.15) is 17.0 Å². The smallest absolute Gasteiger partial charge is 0.329 e. The lowest BCUT2D eigenvalue weighted by atomic mass is 9.86. The van der Waals surface area contributed by atoms with Gasteiger partial charge in [0.15, 0.2) is 5.13 Å². The number of carbonyl (C=O) groups is 4. The van der Waals surface area contributed by atoms with Gasteiger partial charge >= 0.3 is 12.0 Å². The van der Waals surface area contributed by atoms with Crippen molar-refractivity contribution in [1.29, 1.82) is 0 Å². The van der Waals surface area contributed by atoms with Gasteiger partial charge in [-0.15, -0.1) is 11.3 Å². The Hall–Kier alpha value is -5.05. The minimum Gasteiger partial charge on any atom is -0.497 e. The van der Waals surface area contributed by atoms with Crippen LogP contribution in [0.4, 0.5) is 9.93 Å². The van der Waals surface area contributed by atoms with Crippen LogP contribution in [0.3, 0.4) is 0 Å². The van der Waals surface area contributed by atoms with Crippen LogP contribution in [-0.2, 0) is 24.6 Å². The van der Waals surface area contributed by atoms with Crippen molar-refractivity contribution >= 4 is 61.4 Å². The van der Waals surface area contributed by atoms with Crippen LogP contribution in [0.2, 0.25) is 0 Å². The number of benzene rings is 1. The lowest BCUT2D eigenvalue weighted by molar-refractivity contribution is -0.149. The lowest BCUT2D eigenvalue weighted by Gasteiger charge is -2.41. The number of carboxylic acids is 1. The van der Waals surface area contributed by atoms with E-state index < -0.39 is 69.2 Å². The second-order valence-corrected chi connectivity index (χ2v) is 22.5. The third-order valence-electron chi connectivity index (χ3n) is 13.0. The molecule has 3 aromatic rings. The maximum atomic E-state index is 15.1. The molecule has 5 heterocycles. The van der Waals surface area contributed by atoms with E-state index in [-0.39, 0.29) is 50.9 Å². The predicted octanol–water partition coefficient (Wildman–Crippen LogP) is 6.54. The third kappa shape index (κ3) is 12.4. The molecule has 0 saturated carbocycles. The van der Waals surface area contributed by atoms with E-state index in [1.165, 1.54) is 24.8 Å². The number of thiazole rings is 1.